The van der Waals surface area contributed by atoms with Gasteiger partial charge >= 0.3 is 5.97 Å². The lowest BCUT2D eigenvalue weighted by Gasteiger charge is -2.25. The summed E-state index contributed by atoms with van der Waals surface area (Å²) in [5.74, 6) is -3.34. The van der Waals surface area contributed by atoms with E-state index in [2.05, 4.69) is 33.2 Å². The van der Waals surface area contributed by atoms with Crippen molar-refractivity contribution in [2.24, 2.45) is 5.92 Å². The highest BCUT2D eigenvalue weighted by Gasteiger charge is 2.31. The number of halogens is 2. The van der Waals surface area contributed by atoms with Crippen molar-refractivity contribution in [3.63, 3.8) is 0 Å². The lowest BCUT2D eigenvalue weighted by Crippen LogP contribution is -2.54. The van der Waals surface area contributed by atoms with Gasteiger partial charge in [0.2, 0.25) is 11.8 Å². The van der Waals surface area contributed by atoms with Gasteiger partial charge in [-0.25, -0.2) is 4.39 Å². The fourth-order valence-electron chi connectivity index (χ4n) is 2.76. The van der Waals surface area contributed by atoms with Crippen molar-refractivity contribution in [1.82, 2.24) is 10.6 Å². The molecule has 0 spiro atoms. The van der Waals surface area contributed by atoms with Crippen LogP contribution in [0.25, 0.3) is 0 Å². The standard InChI is InChI=1S/C20H26FIN2O6/c1-4-11(2)19(20(29)23-14(9-18(27)28)15(25)10-21)24-17(26)8-12-7-13(22)5-6-16(12)30-3/h5-7,11,14,19H,4,8-10H2,1-3H3,(H,23,29)(H,24,26)(H,27,28)/t11?,14?,19-/m0/s1/i22-2. The summed E-state index contributed by atoms with van der Waals surface area (Å²) < 4.78 is 18.9. The molecule has 0 radical (unpaired) electrons. The third-order valence-corrected chi connectivity index (χ3v) is 5.29. The highest BCUT2D eigenvalue weighted by atomic mass is 125. The second-order valence-electron chi connectivity index (χ2n) is 6.82. The summed E-state index contributed by atoms with van der Waals surface area (Å²) in [5.41, 5.74) is 0.640. The molecule has 0 aliphatic carbocycles. The molecule has 2 unspecified atom stereocenters. The Morgan fingerprint density at radius 2 is 1.90 bits per heavy atom. The van der Waals surface area contributed by atoms with Gasteiger partial charge < -0.3 is 20.5 Å². The number of benzene rings is 1. The van der Waals surface area contributed by atoms with Gasteiger partial charge in [-0.1, -0.05) is 20.3 Å². The van der Waals surface area contributed by atoms with E-state index < -0.39 is 48.7 Å². The summed E-state index contributed by atoms with van der Waals surface area (Å²) in [7, 11) is 1.49. The van der Waals surface area contributed by atoms with Crippen LogP contribution in [0.1, 0.15) is 32.3 Å². The van der Waals surface area contributed by atoms with Crippen molar-refractivity contribution >= 4 is 46.2 Å². The number of hydrogen-bond donors (Lipinski definition) is 3. The van der Waals surface area contributed by atoms with Crippen LogP contribution in [0.15, 0.2) is 18.2 Å². The largest absolute Gasteiger partial charge is 0.496 e. The number of rotatable bonds is 12. The lowest BCUT2D eigenvalue weighted by molar-refractivity contribution is -0.141. The summed E-state index contributed by atoms with van der Waals surface area (Å²) in [6.45, 7) is 2.16. The van der Waals surface area contributed by atoms with Crippen molar-refractivity contribution in [2.75, 3.05) is 13.8 Å². The summed E-state index contributed by atoms with van der Waals surface area (Å²) in [5, 5.41) is 13.8. The average Bonchev–Trinajstić information content (AvgIpc) is 2.70. The minimum atomic E-state index is -1.50. The molecule has 0 aliphatic heterocycles. The number of methoxy groups -OCH3 is 1. The van der Waals surface area contributed by atoms with E-state index in [1.54, 1.807) is 19.1 Å². The van der Waals surface area contributed by atoms with Gasteiger partial charge in [-0.15, -0.1) is 0 Å². The Morgan fingerprint density at radius 3 is 2.43 bits per heavy atom. The number of ether oxygens (including phenoxy) is 1. The fourth-order valence-corrected chi connectivity index (χ4v) is 3.31. The number of hydrogen-bond acceptors (Lipinski definition) is 5. The molecule has 8 nitrogen and oxygen atoms in total. The Kier molecular flexibility index (Phi) is 10.7. The SMILES string of the molecule is CCC(C)[C@H](NC(=O)Cc1cc([125I])ccc1OC)C(=O)NC(CC(=O)O)C(=O)CF. The van der Waals surface area contributed by atoms with E-state index in [-0.39, 0.29) is 12.3 Å². The molecule has 0 aromatic heterocycles. The van der Waals surface area contributed by atoms with Gasteiger partial charge in [0.25, 0.3) is 0 Å². The number of ketones is 1. The monoisotopic (exact) mass is 534 g/mol. The van der Waals surface area contributed by atoms with E-state index in [1.165, 1.54) is 7.11 Å². The second-order valence-corrected chi connectivity index (χ2v) is 8.07. The molecule has 10 heteroatoms. The van der Waals surface area contributed by atoms with Crippen LogP contribution in [0, 0.1) is 9.49 Å². The number of carboxylic acids is 1. The molecule has 1 aromatic rings. The normalized spacial score (nSPS) is 13.6. The lowest BCUT2D eigenvalue weighted by atomic mass is 9.97. The predicted octanol–water partition coefficient (Wildman–Crippen LogP) is 1.87. The second kappa shape index (κ2) is 12.5. The minimum absolute atomic E-state index is 0.0395. The van der Waals surface area contributed by atoms with Gasteiger partial charge in [-0.3, -0.25) is 19.2 Å². The first-order valence-electron chi connectivity index (χ1n) is 9.35. The Balaban J connectivity index is 2.97. The van der Waals surface area contributed by atoms with Gasteiger partial charge in [-0.2, -0.15) is 0 Å². The first-order valence-corrected chi connectivity index (χ1v) is 10.4. The summed E-state index contributed by atoms with van der Waals surface area (Å²) in [6, 6.07) is 2.85. The number of nitrogens with one attached hydrogen (secondary N) is 2. The third-order valence-electron chi connectivity index (χ3n) is 4.62. The highest BCUT2D eigenvalue weighted by Crippen LogP contribution is 2.21. The topological polar surface area (TPSA) is 122 Å². The summed E-state index contributed by atoms with van der Waals surface area (Å²) >= 11 is 2.11. The molecular weight excluding hydrogens is 508 g/mol. The zero-order valence-electron chi connectivity index (χ0n) is 17.0. The Labute approximate surface area is 188 Å². The van der Waals surface area contributed by atoms with Crippen LogP contribution in [-0.4, -0.2) is 54.5 Å². The van der Waals surface area contributed by atoms with Gasteiger partial charge in [0.15, 0.2) is 5.78 Å². The van der Waals surface area contributed by atoms with Gasteiger partial charge in [-0.05, 0) is 46.7 Å². The minimum Gasteiger partial charge on any atom is -0.496 e. The third kappa shape index (κ3) is 7.88. The number of amides is 2. The first-order chi connectivity index (χ1) is 14.1. The molecule has 2 amide bonds. The van der Waals surface area contributed by atoms with Crippen LogP contribution in [0.5, 0.6) is 5.75 Å². The van der Waals surface area contributed by atoms with Crippen LogP contribution in [0.4, 0.5) is 4.39 Å². The molecule has 30 heavy (non-hydrogen) atoms. The summed E-state index contributed by atoms with van der Waals surface area (Å²) in [4.78, 5) is 47.9. The molecule has 1 aromatic carbocycles. The van der Waals surface area contributed by atoms with Gasteiger partial charge in [0.05, 0.1) is 20.0 Å². The molecule has 0 bridgehead atoms. The molecule has 0 saturated heterocycles. The summed E-state index contributed by atoms with van der Waals surface area (Å²) in [6.07, 6.45) is -0.247. The van der Waals surface area contributed by atoms with E-state index in [1.807, 2.05) is 13.0 Å². The zero-order valence-corrected chi connectivity index (χ0v) is 19.2. The molecule has 3 N–H and O–H groups in total. The maximum absolute atomic E-state index is 12.7. The predicted molar refractivity (Wildman–Crippen MR) is 116 cm³/mol. The number of carboxylic acid groups (broad SMARTS) is 1. The van der Waals surface area contributed by atoms with E-state index in [0.29, 0.717) is 17.7 Å². The maximum atomic E-state index is 12.7. The Hall–Kier alpha value is -2.24. The van der Waals surface area contributed by atoms with Crippen molar-refractivity contribution in [3.8, 4) is 5.75 Å². The van der Waals surface area contributed by atoms with Crippen LogP contribution < -0.4 is 15.4 Å². The van der Waals surface area contributed by atoms with Crippen molar-refractivity contribution in [3.05, 3.63) is 27.3 Å². The van der Waals surface area contributed by atoms with Crippen LogP contribution in [0.3, 0.4) is 0 Å². The number of aliphatic carboxylic acids is 1. The zero-order chi connectivity index (χ0) is 22.8. The molecule has 166 valence electrons. The van der Waals surface area contributed by atoms with Crippen molar-refractivity contribution in [2.45, 2.75) is 45.2 Å². The van der Waals surface area contributed by atoms with E-state index in [9.17, 15) is 23.6 Å². The Bertz CT molecular complexity index is 789. The molecule has 0 aliphatic rings. The number of Topliss-reactive ketones (excluding diaryl/α,β-unsaturated/α-hetero) is 1. The highest BCUT2D eigenvalue weighted by molar-refractivity contribution is 14.1. The molecule has 1 rings (SSSR count). The maximum Gasteiger partial charge on any atom is 0.305 e. The van der Waals surface area contributed by atoms with E-state index in [0.717, 1.165) is 3.57 Å². The van der Waals surface area contributed by atoms with Crippen molar-refractivity contribution < 1.29 is 33.4 Å². The molecule has 0 saturated carbocycles. The molecule has 0 heterocycles. The quantitative estimate of drug-likeness (QED) is 0.352. The molecule has 3 atom stereocenters. The molecular formula is C20H26FIN2O6. The van der Waals surface area contributed by atoms with E-state index in [4.69, 9.17) is 9.84 Å². The van der Waals surface area contributed by atoms with Crippen molar-refractivity contribution in [1.29, 1.82) is 0 Å². The fraction of sp³-hybridized carbons (Fsp3) is 0.500. The number of carbonyl (C=O) groups is 4. The Morgan fingerprint density at radius 1 is 1.23 bits per heavy atom. The number of carbonyl (C=O) groups excluding carboxylic acids is 3. The van der Waals surface area contributed by atoms with Gasteiger partial charge in [0.1, 0.15) is 24.5 Å². The van der Waals surface area contributed by atoms with Crippen LogP contribution in [-0.2, 0) is 25.6 Å². The van der Waals surface area contributed by atoms with E-state index >= 15 is 0 Å². The first kappa shape index (κ1) is 25.8. The smallest absolute Gasteiger partial charge is 0.305 e. The average molecular weight is 534 g/mol. The van der Waals surface area contributed by atoms with Crippen LogP contribution >= 0.6 is 22.6 Å². The number of alkyl halides is 1. The van der Waals surface area contributed by atoms with Gasteiger partial charge in [0, 0.05) is 9.13 Å². The molecule has 0 fully saturated rings. The van der Waals surface area contributed by atoms with Crippen LogP contribution in [0.2, 0.25) is 0 Å².